The zero-order chi connectivity index (χ0) is 15.3. The van der Waals surface area contributed by atoms with Crippen LogP contribution in [0.4, 0.5) is 0 Å². The summed E-state index contributed by atoms with van der Waals surface area (Å²) in [7, 11) is 0. The first kappa shape index (κ1) is 16.5. The van der Waals surface area contributed by atoms with E-state index in [9.17, 15) is 9.59 Å². The molecular formula is C14H18BrNO4S. The van der Waals surface area contributed by atoms with Crippen LogP contribution in [0.3, 0.4) is 0 Å². The van der Waals surface area contributed by atoms with Crippen LogP contribution in [0.15, 0.2) is 15.9 Å². The van der Waals surface area contributed by atoms with Gasteiger partial charge in [0.2, 0.25) is 5.91 Å². The lowest BCUT2D eigenvalue weighted by atomic mass is 9.86. The van der Waals surface area contributed by atoms with E-state index in [2.05, 4.69) is 21.2 Å². The van der Waals surface area contributed by atoms with Gasteiger partial charge in [-0.15, -0.1) is 11.3 Å². The Hall–Kier alpha value is -0.920. The van der Waals surface area contributed by atoms with Crippen LogP contribution in [0.25, 0.3) is 0 Å². The van der Waals surface area contributed by atoms with E-state index in [1.807, 2.05) is 11.4 Å². The van der Waals surface area contributed by atoms with Crippen molar-refractivity contribution in [1.82, 2.24) is 5.32 Å². The molecule has 1 amide bonds. The molecule has 1 aromatic heterocycles. The van der Waals surface area contributed by atoms with E-state index in [1.54, 1.807) is 11.3 Å². The SMILES string of the molecule is O=C(O)CC1(NC(=O)CCc2cc(Br)cs2)CCOCC1. The fourth-order valence-corrected chi connectivity index (χ4v) is 3.93. The molecule has 7 heteroatoms. The maximum atomic E-state index is 12.1. The summed E-state index contributed by atoms with van der Waals surface area (Å²) in [6.45, 7) is 0.983. The predicted octanol–water partition coefficient (Wildman–Crippen LogP) is 2.58. The highest BCUT2D eigenvalue weighted by Crippen LogP contribution is 2.25. The third-order valence-corrected chi connectivity index (χ3v) is 5.32. The molecule has 0 aliphatic carbocycles. The molecule has 1 aromatic rings. The number of hydrogen-bond acceptors (Lipinski definition) is 4. The summed E-state index contributed by atoms with van der Waals surface area (Å²) < 4.78 is 6.30. The van der Waals surface area contributed by atoms with Crippen LogP contribution < -0.4 is 5.32 Å². The largest absolute Gasteiger partial charge is 0.481 e. The Morgan fingerprint density at radius 2 is 2.14 bits per heavy atom. The molecule has 0 aromatic carbocycles. The molecule has 0 radical (unpaired) electrons. The van der Waals surface area contributed by atoms with Crippen molar-refractivity contribution in [3.63, 3.8) is 0 Å². The van der Waals surface area contributed by atoms with Crippen LogP contribution in [0, 0.1) is 0 Å². The molecule has 0 spiro atoms. The Kier molecular flexibility index (Phi) is 5.78. The minimum absolute atomic E-state index is 0.0490. The second kappa shape index (κ2) is 7.38. The number of nitrogens with one attached hydrogen (secondary N) is 1. The van der Waals surface area contributed by atoms with Gasteiger partial charge in [0.05, 0.1) is 12.0 Å². The number of carboxylic acids is 1. The zero-order valence-electron chi connectivity index (χ0n) is 11.6. The van der Waals surface area contributed by atoms with Crippen molar-refractivity contribution in [1.29, 1.82) is 0 Å². The van der Waals surface area contributed by atoms with Crippen molar-refractivity contribution in [3.05, 3.63) is 20.8 Å². The number of carbonyl (C=O) groups is 2. The molecule has 2 rings (SSSR count). The molecule has 0 unspecified atom stereocenters. The summed E-state index contributed by atoms with van der Waals surface area (Å²) in [6, 6.07) is 2.00. The average molecular weight is 376 g/mol. The number of halogens is 1. The Morgan fingerprint density at radius 3 is 2.71 bits per heavy atom. The second-order valence-electron chi connectivity index (χ2n) is 5.24. The summed E-state index contributed by atoms with van der Waals surface area (Å²) in [6.07, 6.45) is 2.09. The standard InChI is InChI=1S/C14H18BrNO4S/c15-10-7-11(21-9-10)1-2-12(17)16-14(8-13(18)19)3-5-20-6-4-14/h7,9H,1-6,8H2,(H,16,17)(H,18,19). The molecule has 2 N–H and O–H groups in total. The van der Waals surface area contributed by atoms with E-state index in [1.165, 1.54) is 0 Å². The maximum Gasteiger partial charge on any atom is 0.305 e. The van der Waals surface area contributed by atoms with Crippen molar-refractivity contribution in [3.8, 4) is 0 Å². The summed E-state index contributed by atoms with van der Waals surface area (Å²) >= 11 is 4.99. The maximum absolute atomic E-state index is 12.1. The van der Waals surface area contributed by atoms with Gasteiger partial charge in [-0.05, 0) is 41.3 Å². The Labute approximate surface area is 135 Å². The zero-order valence-corrected chi connectivity index (χ0v) is 14.0. The van der Waals surface area contributed by atoms with E-state index in [-0.39, 0.29) is 12.3 Å². The number of ether oxygens (including phenoxy) is 1. The highest BCUT2D eigenvalue weighted by atomic mass is 79.9. The van der Waals surface area contributed by atoms with E-state index in [4.69, 9.17) is 9.84 Å². The van der Waals surface area contributed by atoms with Crippen LogP contribution in [-0.4, -0.2) is 35.7 Å². The first-order valence-corrected chi connectivity index (χ1v) is 8.50. The second-order valence-corrected chi connectivity index (χ2v) is 7.15. The van der Waals surface area contributed by atoms with Crippen LogP contribution in [0.2, 0.25) is 0 Å². The molecular weight excluding hydrogens is 358 g/mol. The van der Waals surface area contributed by atoms with Crippen molar-refractivity contribution < 1.29 is 19.4 Å². The fraction of sp³-hybridized carbons (Fsp3) is 0.571. The van der Waals surface area contributed by atoms with E-state index in [0.29, 0.717) is 38.9 Å². The molecule has 1 aliphatic rings. The molecule has 0 bridgehead atoms. The lowest BCUT2D eigenvalue weighted by molar-refractivity contribution is -0.140. The molecule has 1 fully saturated rings. The number of amides is 1. The van der Waals surface area contributed by atoms with Crippen LogP contribution in [0.1, 0.15) is 30.6 Å². The van der Waals surface area contributed by atoms with E-state index < -0.39 is 11.5 Å². The monoisotopic (exact) mass is 375 g/mol. The number of aryl methyl sites for hydroxylation is 1. The lowest BCUT2D eigenvalue weighted by Gasteiger charge is -2.36. The number of hydrogen-bond donors (Lipinski definition) is 2. The summed E-state index contributed by atoms with van der Waals surface area (Å²) in [4.78, 5) is 24.3. The van der Waals surface area contributed by atoms with Gasteiger partial charge < -0.3 is 15.2 Å². The van der Waals surface area contributed by atoms with E-state index >= 15 is 0 Å². The molecule has 116 valence electrons. The molecule has 1 saturated heterocycles. The Bertz CT molecular complexity index is 511. The number of carbonyl (C=O) groups excluding carboxylic acids is 1. The van der Waals surface area contributed by atoms with Gasteiger partial charge in [-0.25, -0.2) is 0 Å². The Balaban J connectivity index is 1.89. The third-order valence-electron chi connectivity index (χ3n) is 3.56. The molecule has 2 heterocycles. The normalized spacial score (nSPS) is 17.4. The van der Waals surface area contributed by atoms with Crippen molar-refractivity contribution in [2.24, 2.45) is 0 Å². The number of aliphatic carboxylic acids is 1. The van der Waals surface area contributed by atoms with Gasteiger partial charge in [0.1, 0.15) is 0 Å². The first-order valence-electron chi connectivity index (χ1n) is 6.83. The van der Waals surface area contributed by atoms with Gasteiger partial charge in [0.25, 0.3) is 0 Å². The van der Waals surface area contributed by atoms with Gasteiger partial charge in [0, 0.05) is 34.4 Å². The average Bonchev–Trinajstić information content (AvgIpc) is 2.82. The number of thiophene rings is 1. The van der Waals surface area contributed by atoms with E-state index in [0.717, 1.165) is 9.35 Å². The van der Waals surface area contributed by atoms with Crippen LogP contribution in [0.5, 0.6) is 0 Å². The smallest absolute Gasteiger partial charge is 0.305 e. The van der Waals surface area contributed by atoms with Gasteiger partial charge in [-0.1, -0.05) is 0 Å². The first-order chi connectivity index (χ1) is 9.99. The van der Waals surface area contributed by atoms with Crippen molar-refractivity contribution in [2.45, 2.75) is 37.6 Å². The predicted molar refractivity (Wildman–Crippen MR) is 83.5 cm³/mol. The van der Waals surface area contributed by atoms with Gasteiger partial charge in [-0.2, -0.15) is 0 Å². The molecule has 21 heavy (non-hydrogen) atoms. The van der Waals surface area contributed by atoms with Gasteiger partial charge in [0.15, 0.2) is 0 Å². The fourth-order valence-electron chi connectivity index (χ4n) is 2.48. The molecule has 0 atom stereocenters. The quantitative estimate of drug-likeness (QED) is 0.800. The van der Waals surface area contributed by atoms with Crippen molar-refractivity contribution >= 4 is 39.1 Å². The highest BCUT2D eigenvalue weighted by molar-refractivity contribution is 9.10. The molecule has 5 nitrogen and oxygen atoms in total. The molecule has 1 aliphatic heterocycles. The topological polar surface area (TPSA) is 75.6 Å². The van der Waals surface area contributed by atoms with Crippen LogP contribution >= 0.6 is 27.3 Å². The third kappa shape index (κ3) is 5.09. The van der Waals surface area contributed by atoms with Crippen LogP contribution in [-0.2, 0) is 20.7 Å². The van der Waals surface area contributed by atoms with Gasteiger partial charge in [-0.3, -0.25) is 9.59 Å². The summed E-state index contributed by atoms with van der Waals surface area (Å²) in [5.74, 6) is -0.984. The summed E-state index contributed by atoms with van der Waals surface area (Å²) in [5.41, 5.74) is -0.656. The minimum atomic E-state index is -0.889. The Morgan fingerprint density at radius 1 is 1.43 bits per heavy atom. The van der Waals surface area contributed by atoms with Gasteiger partial charge >= 0.3 is 5.97 Å². The molecule has 0 saturated carbocycles. The number of rotatable bonds is 6. The highest BCUT2D eigenvalue weighted by Gasteiger charge is 2.36. The summed E-state index contributed by atoms with van der Waals surface area (Å²) in [5, 5.41) is 14.0. The minimum Gasteiger partial charge on any atom is -0.481 e. The lowest BCUT2D eigenvalue weighted by Crippen LogP contribution is -2.53. The number of carboxylic acid groups (broad SMARTS) is 1. The van der Waals surface area contributed by atoms with Crippen molar-refractivity contribution in [2.75, 3.05) is 13.2 Å².